The number of aromatic amines is 1. The lowest BCUT2D eigenvalue weighted by Crippen LogP contribution is -2.52. The molecule has 1 aromatic heterocycles. The van der Waals surface area contributed by atoms with E-state index in [0.29, 0.717) is 22.4 Å². The van der Waals surface area contributed by atoms with Crippen LogP contribution < -0.4 is 15.8 Å². The number of carbonyl (C=O) groups is 5. The van der Waals surface area contributed by atoms with E-state index in [1.807, 2.05) is 17.0 Å². The zero-order chi connectivity index (χ0) is 34.4. The van der Waals surface area contributed by atoms with E-state index in [9.17, 15) is 39.0 Å². The number of anilines is 1. The van der Waals surface area contributed by atoms with Crippen LogP contribution in [-0.4, -0.2) is 85.6 Å². The van der Waals surface area contributed by atoms with Gasteiger partial charge in [0.1, 0.15) is 17.9 Å². The molecule has 14 heteroatoms. The summed E-state index contributed by atoms with van der Waals surface area (Å²) < 4.78 is 0. The first-order chi connectivity index (χ1) is 22.3. The van der Waals surface area contributed by atoms with Crippen molar-refractivity contribution in [2.45, 2.75) is 63.6 Å². The van der Waals surface area contributed by atoms with Crippen molar-refractivity contribution in [3.63, 3.8) is 0 Å². The van der Waals surface area contributed by atoms with E-state index >= 15 is 0 Å². The summed E-state index contributed by atoms with van der Waals surface area (Å²) in [7, 11) is 1.16. The van der Waals surface area contributed by atoms with Gasteiger partial charge in [-0.1, -0.05) is 5.92 Å². The molecular formula is C33H35N5O9. The molecule has 47 heavy (non-hydrogen) atoms. The fraction of sp³-hybridized carbons (Fsp3) is 0.364. The Balaban J connectivity index is 1.55. The number of nitrogens with one attached hydrogen (secondary N) is 2. The van der Waals surface area contributed by atoms with Gasteiger partial charge in [0.05, 0.1) is 23.5 Å². The van der Waals surface area contributed by atoms with E-state index in [-0.39, 0.29) is 36.6 Å². The number of fused-ring (bicyclic) bond motifs is 2. The van der Waals surface area contributed by atoms with Crippen LogP contribution in [0, 0.1) is 19.3 Å². The molecule has 0 saturated carbocycles. The second-order valence-corrected chi connectivity index (χ2v) is 11.3. The number of hydrogen-bond acceptors (Lipinski definition) is 8. The SMILES string of the molecule is C#CCN(c1ccc(C(=O)N[C@@H](CCC(=O)O)C(=O)N(C)[C@@H](CCC(=O)O)C(=O)O)cc1)[C@H]1CCc2cc3nc(C)[nH]c(=O)c3cc21. The van der Waals surface area contributed by atoms with Crippen molar-refractivity contribution in [3.8, 4) is 12.3 Å². The minimum atomic E-state index is -1.50. The number of H-pyrrole nitrogens is 1. The molecule has 0 fully saturated rings. The zero-order valence-electron chi connectivity index (χ0n) is 25.9. The number of benzene rings is 2. The molecule has 14 nitrogen and oxygen atoms in total. The molecular weight excluding hydrogens is 610 g/mol. The lowest BCUT2D eigenvalue weighted by atomic mass is 10.0. The van der Waals surface area contributed by atoms with Gasteiger partial charge in [-0.05, 0) is 80.1 Å². The lowest BCUT2D eigenvalue weighted by molar-refractivity contribution is -0.151. The number of aromatic nitrogens is 2. The molecule has 3 aromatic rings. The van der Waals surface area contributed by atoms with Gasteiger partial charge >= 0.3 is 17.9 Å². The van der Waals surface area contributed by atoms with Gasteiger partial charge < -0.3 is 35.4 Å². The summed E-state index contributed by atoms with van der Waals surface area (Å²) in [6.07, 6.45) is 5.52. The molecule has 0 bridgehead atoms. The number of amides is 2. The summed E-state index contributed by atoms with van der Waals surface area (Å²) >= 11 is 0. The van der Waals surface area contributed by atoms with Gasteiger partial charge in [0.15, 0.2) is 0 Å². The lowest BCUT2D eigenvalue weighted by Gasteiger charge is -2.30. The predicted molar refractivity (Wildman–Crippen MR) is 170 cm³/mol. The molecule has 3 atom stereocenters. The first-order valence-electron chi connectivity index (χ1n) is 14.9. The number of carboxylic acid groups (broad SMARTS) is 3. The van der Waals surface area contributed by atoms with Gasteiger partial charge in [-0.15, -0.1) is 6.42 Å². The topological polar surface area (TPSA) is 210 Å². The molecule has 0 aliphatic heterocycles. The number of carboxylic acids is 3. The molecule has 246 valence electrons. The van der Waals surface area contributed by atoms with Crippen LogP contribution in [0.3, 0.4) is 0 Å². The highest BCUT2D eigenvalue weighted by molar-refractivity contribution is 5.98. The number of aryl methyl sites for hydroxylation is 2. The van der Waals surface area contributed by atoms with Gasteiger partial charge in [0.25, 0.3) is 11.5 Å². The zero-order valence-corrected chi connectivity index (χ0v) is 25.9. The molecule has 0 radical (unpaired) electrons. The molecule has 1 heterocycles. The van der Waals surface area contributed by atoms with Crippen molar-refractivity contribution in [1.29, 1.82) is 0 Å². The van der Waals surface area contributed by atoms with Crippen molar-refractivity contribution in [3.05, 3.63) is 69.3 Å². The van der Waals surface area contributed by atoms with Crippen LogP contribution >= 0.6 is 0 Å². The summed E-state index contributed by atoms with van der Waals surface area (Å²) in [5.41, 5.74) is 3.26. The highest BCUT2D eigenvalue weighted by Gasteiger charge is 2.33. The van der Waals surface area contributed by atoms with E-state index in [1.165, 1.54) is 12.1 Å². The molecule has 2 amide bonds. The Morgan fingerprint density at radius 3 is 2.34 bits per heavy atom. The molecule has 4 rings (SSSR count). The molecule has 0 spiro atoms. The Kier molecular flexibility index (Phi) is 10.6. The number of hydrogen-bond donors (Lipinski definition) is 5. The summed E-state index contributed by atoms with van der Waals surface area (Å²) in [6, 6.07) is 7.17. The van der Waals surface area contributed by atoms with E-state index in [0.717, 1.165) is 35.9 Å². The number of rotatable bonds is 14. The van der Waals surface area contributed by atoms with Crippen molar-refractivity contribution in [2.75, 3.05) is 18.5 Å². The van der Waals surface area contributed by atoms with Crippen LogP contribution in [-0.2, 0) is 25.6 Å². The average molecular weight is 646 g/mol. The number of aliphatic carboxylic acids is 3. The summed E-state index contributed by atoms with van der Waals surface area (Å²) in [5.74, 6) is -2.28. The van der Waals surface area contributed by atoms with Gasteiger partial charge in [0.2, 0.25) is 5.91 Å². The fourth-order valence-electron chi connectivity index (χ4n) is 5.85. The minimum absolute atomic E-state index is 0.150. The molecule has 1 aliphatic rings. The van der Waals surface area contributed by atoms with E-state index in [2.05, 4.69) is 21.2 Å². The third kappa shape index (κ3) is 7.93. The Hall–Kier alpha value is -5.71. The monoisotopic (exact) mass is 645 g/mol. The Morgan fingerprint density at radius 1 is 1.06 bits per heavy atom. The number of terminal acetylenes is 1. The number of nitrogens with zero attached hydrogens (tertiary/aromatic N) is 3. The molecule has 0 saturated heterocycles. The first-order valence-corrected chi connectivity index (χ1v) is 14.9. The highest BCUT2D eigenvalue weighted by atomic mass is 16.4. The quantitative estimate of drug-likeness (QED) is 0.160. The summed E-state index contributed by atoms with van der Waals surface area (Å²) in [4.78, 5) is 83.2. The molecule has 2 aromatic carbocycles. The maximum absolute atomic E-state index is 13.3. The van der Waals surface area contributed by atoms with Crippen molar-refractivity contribution in [2.24, 2.45) is 0 Å². The van der Waals surface area contributed by atoms with Crippen LogP contribution in [0.1, 0.15) is 65.5 Å². The smallest absolute Gasteiger partial charge is 0.326 e. The molecule has 5 N–H and O–H groups in total. The summed E-state index contributed by atoms with van der Waals surface area (Å²) in [6.45, 7) is 1.96. The van der Waals surface area contributed by atoms with Crippen LogP contribution in [0.2, 0.25) is 0 Å². The highest BCUT2D eigenvalue weighted by Crippen LogP contribution is 2.39. The predicted octanol–water partition coefficient (Wildman–Crippen LogP) is 2.10. The van der Waals surface area contributed by atoms with Crippen molar-refractivity contribution in [1.82, 2.24) is 20.2 Å². The van der Waals surface area contributed by atoms with Gasteiger partial charge in [-0.3, -0.25) is 24.0 Å². The van der Waals surface area contributed by atoms with Crippen LogP contribution in [0.4, 0.5) is 5.69 Å². The number of carbonyl (C=O) groups excluding carboxylic acids is 2. The van der Waals surface area contributed by atoms with Crippen molar-refractivity contribution >= 4 is 46.3 Å². The Morgan fingerprint density at radius 2 is 1.72 bits per heavy atom. The minimum Gasteiger partial charge on any atom is -0.481 e. The van der Waals surface area contributed by atoms with Crippen LogP contribution in [0.5, 0.6) is 0 Å². The maximum Gasteiger partial charge on any atom is 0.326 e. The standard InChI is InChI=1S/C33H35N5O9/c1-4-15-38(26-11-7-20-16-25-23(17-22(20)26)31(44)35-18(2)34-25)21-8-5-19(6-9-21)30(43)36-24(10-13-28(39)40)32(45)37(3)27(33(46)47)12-14-29(41)42/h1,5-6,8-9,16-17,24,26-27H,7,10-15H2,2-3H3,(H,36,43)(H,39,40)(H,41,42)(H,46,47)(H,34,35,44)/t24-,26-,27-/m0/s1. The van der Waals surface area contributed by atoms with Crippen molar-refractivity contribution < 1.29 is 39.3 Å². The molecule has 0 unspecified atom stereocenters. The third-order valence-corrected chi connectivity index (χ3v) is 8.21. The van der Waals surface area contributed by atoms with Gasteiger partial charge in [-0.2, -0.15) is 0 Å². The Bertz CT molecular complexity index is 1810. The molecule has 1 aliphatic carbocycles. The van der Waals surface area contributed by atoms with Crippen LogP contribution in [0.25, 0.3) is 10.9 Å². The average Bonchev–Trinajstić information content (AvgIpc) is 3.42. The van der Waals surface area contributed by atoms with Crippen LogP contribution in [0.15, 0.2) is 41.2 Å². The second-order valence-electron chi connectivity index (χ2n) is 11.3. The van der Waals surface area contributed by atoms with Gasteiger partial charge in [-0.25, -0.2) is 9.78 Å². The second kappa shape index (κ2) is 14.6. The fourth-order valence-corrected chi connectivity index (χ4v) is 5.85. The maximum atomic E-state index is 13.3. The summed E-state index contributed by atoms with van der Waals surface area (Å²) in [5, 5.41) is 30.7. The first kappa shape index (κ1) is 34.2. The largest absolute Gasteiger partial charge is 0.481 e. The normalized spacial score (nSPS) is 14.8. The van der Waals surface area contributed by atoms with E-state index < -0.39 is 54.6 Å². The van der Waals surface area contributed by atoms with E-state index in [1.54, 1.807) is 19.1 Å². The number of likely N-dealkylation sites (N-methyl/N-ethyl adjacent to an activating group) is 1. The third-order valence-electron chi connectivity index (χ3n) is 8.21. The van der Waals surface area contributed by atoms with E-state index in [4.69, 9.17) is 11.5 Å². The Labute approximate surface area is 269 Å². The van der Waals surface area contributed by atoms with Gasteiger partial charge in [0, 0.05) is 31.1 Å².